The maximum Gasteiger partial charge on any atom is 0.270 e. The van der Waals surface area contributed by atoms with E-state index in [1.165, 1.54) is 17.0 Å². The zero-order chi connectivity index (χ0) is 17.4. The van der Waals surface area contributed by atoms with E-state index < -0.39 is 4.92 Å². The van der Waals surface area contributed by atoms with Gasteiger partial charge in [0.25, 0.3) is 5.69 Å². The van der Waals surface area contributed by atoms with Crippen LogP contribution in [0.3, 0.4) is 0 Å². The van der Waals surface area contributed by atoms with E-state index in [2.05, 4.69) is 15.8 Å². The summed E-state index contributed by atoms with van der Waals surface area (Å²) in [5.41, 5.74) is 4.11. The Labute approximate surface area is 146 Å². The molecule has 0 atom stereocenters. The summed E-state index contributed by atoms with van der Waals surface area (Å²) in [5.74, 6) is 0. The Balaban J connectivity index is 1.77. The van der Waals surface area contributed by atoms with E-state index >= 15 is 0 Å². The molecule has 0 amide bonds. The zero-order valence-corrected chi connectivity index (χ0v) is 14.4. The van der Waals surface area contributed by atoms with Crippen molar-refractivity contribution in [3.05, 3.63) is 39.9 Å². The highest BCUT2D eigenvalue weighted by Crippen LogP contribution is 2.13. The average molecular weight is 352 g/mol. The van der Waals surface area contributed by atoms with E-state index in [4.69, 9.17) is 17.0 Å². The molecule has 1 saturated heterocycles. The highest BCUT2D eigenvalue weighted by molar-refractivity contribution is 7.80. The number of hydrogen-bond acceptors (Lipinski definition) is 5. The molecule has 0 spiro atoms. The Hall–Kier alpha value is -2.10. The van der Waals surface area contributed by atoms with Crippen LogP contribution in [0.4, 0.5) is 5.69 Å². The highest BCUT2D eigenvalue weighted by Gasteiger charge is 2.13. The fourth-order valence-corrected chi connectivity index (χ4v) is 2.49. The Morgan fingerprint density at radius 2 is 2.21 bits per heavy atom. The molecular weight excluding hydrogens is 330 g/mol. The third-order valence-electron chi connectivity index (χ3n) is 3.76. The zero-order valence-electron chi connectivity index (χ0n) is 13.6. The molecule has 0 aliphatic carbocycles. The van der Waals surface area contributed by atoms with Crippen LogP contribution in [-0.4, -0.2) is 55.1 Å². The van der Waals surface area contributed by atoms with Gasteiger partial charge in [-0.2, -0.15) is 5.10 Å². The molecule has 1 fully saturated rings. The van der Waals surface area contributed by atoms with Crippen LogP contribution in [0.1, 0.15) is 12.5 Å². The van der Waals surface area contributed by atoms with Crippen molar-refractivity contribution in [2.75, 3.05) is 39.4 Å². The van der Waals surface area contributed by atoms with Crippen molar-refractivity contribution >= 4 is 28.7 Å². The van der Waals surface area contributed by atoms with Crippen molar-refractivity contribution < 1.29 is 14.6 Å². The maximum absolute atomic E-state index is 10.8. The molecule has 1 aromatic carbocycles. The first-order valence-corrected chi connectivity index (χ1v) is 8.21. The van der Waals surface area contributed by atoms with Crippen LogP contribution in [0.5, 0.6) is 0 Å². The van der Waals surface area contributed by atoms with Crippen molar-refractivity contribution in [2.45, 2.75) is 6.92 Å². The normalized spacial score (nSPS) is 15.8. The molecule has 0 bridgehead atoms. The fraction of sp³-hybridized carbons (Fsp3) is 0.467. The number of rotatable bonds is 6. The molecular formula is C15H22N5O3S+. The topological polar surface area (TPSA) is 93.2 Å². The van der Waals surface area contributed by atoms with Gasteiger partial charge in [-0.05, 0) is 19.1 Å². The molecule has 2 rings (SSSR count). The molecule has 8 nitrogen and oxygen atoms in total. The number of thiocarbonyl (C=S) groups is 1. The second-order valence-electron chi connectivity index (χ2n) is 5.48. The molecule has 130 valence electrons. The largest absolute Gasteiger partial charge is 0.370 e. The lowest BCUT2D eigenvalue weighted by molar-refractivity contribution is -0.906. The lowest BCUT2D eigenvalue weighted by Gasteiger charge is -2.23. The van der Waals surface area contributed by atoms with Gasteiger partial charge in [-0.15, -0.1) is 0 Å². The minimum atomic E-state index is -0.426. The summed E-state index contributed by atoms with van der Waals surface area (Å²) in [6.45, 7) is 7.16. The highest BCUT2D eigenvalue weighted by atomic mass is 32.1. The van der Waals surface area contributed by atoms with Gasteiger partial charge in [-0.25, -0.2) is 0 Å². The van der Waals surface area contributed by atoms with Gasteiger partial charge in [0.2, 0.25) is 0 Å². The summed E-state index contributed by atoms with van der Waals surface area (Å²) in [4.78, 5) is 11.9. The van der Waals surface area contributed by atoms with E-state index in [0.717, 1.165) is 39.4 Å². The number of morpholine rings is 1. The Bertz CT molecular complexity index is 617. The lowest BCUT2D eigenvalue weighted by Crippen LogP contribution is -3.14. The molecule has 9 heteroatoms. The first kappa shape index (κ1) is 18.2. The van der Waals surface area contributed by atoms with Crippen LogP contribution >= 0.6 is 12.2 Å². The molecule has 0 radical (unpaired) electrons. The minimum Gasteiger partial charge on any atom is -0.370 e. The number of nitrogens with one attached hydrogen (secondary N) is 3. The number of ether oxygens (including phenoxy) is 1. The van der Waals surface area contributed by atoms with E-state index in [1.807, 2.05) is 0 Å². The smallest absolute Gasteiger partial charge is 0.270 e. The van der Waals surface area contributed by atoms with Gasteiger partial charge in [0.15, 0.2) is 5.11 Å². The number of hydrazone groups is 1. The van der Waals surface area contributed by atoms with Crippen molar-refractivity contribution in [1.29, 1.82) is 0 Å². The number of quaternary nitrogens is 1. The van der Waals surface area contributed by atoms with Gasteiger partial charge < -0.3 is 15.0 Å². The second-order valence-corrected chi connectivity index (χ2v) is 5.89. The van der Waals surface area contributed by atoms with Gasteiger partial charge >= 0.3 is 0 Å². The van der Waals surface area contributed by atoms with E-state index in [-0.39, 0.29) is 5.69 Å². The molecule has 0 saturated carbocycles. The Morgan fingerprint density at radius 3 is 2.92 bits per heavy atom. The summed E-state index contributed by atoms with van der Waals surface area (Å²) in [6, 6.07) is 6.34. The third-order valence-corrected chi connectivity index (χ3v) is 4.00. The molecule has 1 aliphatic rings. The summed E-state index contributed by atoms with van der Waals surface area (Å²) < 4.78 is 5.32. The van der Waals surface area contributed by atoms with Crippen molar-refractivity contribution in [1.82, 2.24) is 10.7 Å². The molecule has 3 N–H and O–H groups in total. The molecule has 1 heterocycles. The van der Waals surface area contributed by atoms with Gasteiger partial charge in [0.05, 0.1) is 36.9 Å². The van der Waals surface area contributed by atoms with Crippen molar-refractivity contribution in [3.63, 3.8) is 0 Å². The fourth-order valence-electron chi connectivity index (χ4n) is 2.35. The van der Waals surface area contributed by atoms with Crippen LogP contribution < -0.4 is 15.6 Å². The first-order chi connectivity index (χ1) is 11.6. The first-order valence-electron chi connectivity index (χ1n) is 7.80. The number of nitro benzene ring substituents is 1. The van der Waals surface area contributed by atoms with Gasteiger partial charge in [0.1, 0.15) is 13.1 Å². The summed E-state index contributed by atoms with van der Waals surface area (Å²) >= 11 is 5.19. The van der Waals surface area contributed by atoms with Gasteiger partial charge in [0, 0.05) is 17.7 Å². The minimum absolute atomic E-state index is 0.0382. The van der Waals surface area contributed by atoms with Crippen molar-refractivity contribution in [2.24, 2.45) is 5.10 Å². The third kappa shape index (κ3) is 5.84. The van der Waals surface area contributed by atoms with Crippen LogP contribution in [0, 0.1) is 10.1 Å². The van der Waals surface area contributed by atoms with E-state index in [9.17, 15) is 10.1 Å². The van der Waals surface area contributed by atoms with E-state index in [1.54, 1.807) is 19.1 Å². The molecule has 1 aliphatic heterocycles. The van der Waals surface area contributed by atoms with Gasteiger partial charge in [-0.3, -0.25) is 15.5 Å². The SMILES string of the molecule is C/C(=N/NC(=S)NCC[NH+]1CCOCC1)c1cccc([N+](=O)[O-])c1. The number of non-ortho nitro benzene ring substituents is 1. The van der Waals surface area contributed by atoms with Crippen molar-refractivity contribution in [3.8, 4) is 0 Å². The average Bonchev–Trinajstić information content (AvgIpc) is 2.60. The van der Waals surface area contributed by atoms with Crippen LogP contribution in [0.25, 0.3) is 0 Å². The number of nitro groups is 1. The summed E-state index contributed by atoms with van der Waals surface area (Å²) in [5, 5.41) is 18.5. The lowest BCUT2D eigenvalue weighted by atomic mass is 10.1. The Kier molecular flexibility index (Phi) is 7.04. The predicted molar refractivity (Wildman–Crippen MR) is 95.4 cm³/mol. The molecule has 0 aromatic heterocycles. The quantitative estimate of drug-likeness (QED) is 0.282. The summed E-state index contributed by atoms with van der Waals surface area (Å²) in [7, 11) is 0. The molecule has 24 heavy (non-hydrogen) atoms. The number of nitrogens with zero attached hydrogens (tertiary/aromatic N) is 2. The maximum atomic E-state index is 10.8. The van der Waals surface area contributed by atoms with Gasteiger partial charge in [-0.1, -0.05) is 12.1 Å². The molecule has 0 unspecified atom stereocenters. The molecule has 1 aromatic rings. The van der Waals surface area contributed by atoms with Crippen LogP contribution in [0.15, 0.2) is 29.4 Å². The second kappa shape index (κ2) is 9.26. The summed E-state index contributed by atoms with van der Waals surface area (Å²) in [6.07, 6.45) is 0. The Morgan fingerprint density at radius 1 is 1.46 bits per heavy atom. The number of benzene rings is 1. The predicted octanol–water partition coefficient (Wildman–Crippen LogP) is -0.302. The van der Waals surface area contributed by atoms with E-state index in [0.29, 0.717) is 16.4 Å². The van der Waals surface area contributed by atoms with Crippen LogP contribution in [0.2, 0.25) is 0 Å². The van der Waals surface area contributed by atoms with Crippen LogP contribution in [-0.2, 0) is 4.74 Å². The number of hydrogen-bond donors (Lipinski definition) is 3. The monoisotopic (exact) mass is 352 g/mol. The standard InChI is InChI=1S/C15H21N5O3S/c1-12(13-3-2-4-14(11-13)20(21)22)17-18-15(24)16-5-6-19-7-9-23-10-8-19/h2-4,11H,5-10H2,1H3,(H2,16,18,24)/p+1/b17-12-.